The summed E-state index contributed by atoms with van der Waals surface area (Å²) in [5, 5.41) is 3.03. The van der Waals surface area contributed by atoms with E-state index in [1.807, 2.05) is 20.8 Å². The molecule has 0 aliphatic carbocycles. The molecule has 92 valence electrons. The number of imide groups is 1. The molecule has 1 aliphatic rings. The zero-order valence-electron chi connectivity index (χ0n) is 10.4. The number of ether oxygens (including phenoxy) is 1. The van der Waals surface area contributed by atoms with Gasteiger partial charge in [0.15, 0.2) is 0 Å². The lowest BCUT2D eigenvalue weighted by molar-refractivity contribution is -0.137. The van der Waals surface area contributed by atoms with Gasteiger partial charge in [-0.15, -0.1) is 0 Å². The summed E-state index contributed by atoms with van der Waals surface area (Å²) >= 11 is 0. The van der Waals surface area contributed by atoms with Crippen LogP contribution in [0.1, 0.15) is 27.2 Å². The van der Waals surface area contributed by atoms with Gasteiger partial charge in [0, 0.05) is 13.6 Å². The quantitative estimate of drug-likeness (QED) is 0.549. The molecule has 1 fully saturated rings. The van der Waals surface area contributed by atoms with Crippen LogP contribution in [-0.2, 0) is 14.3 Å². The number of carbonyl (C=O) groups excluding carboxylic acids is 2. The van der Waals surface area contributed by atoms with E-state index in [4.69, 9.17) is 4.74 Å². The minimum atomic E-state index is -0.374. The zero-order chi connectivity index (χ0) is 12.3. The third-order valence-electron chi connectivity index (χ3n) is 2.41. The molecule has 5 nitrogen and oxygen atoms in total. The smallest absolute Gasteiger partial charge is 0.246 e. The largest absolute Gasteiger partial charge is 0.375 e. The molecular formula is C11H20N2O3. The number of nitrogens with one attached hydrogen (secondary N) is 1. The van der Waals surface area contributed by atoms with Crippen molar-refractivity contribution in [3.63, 3.8) is 0 Å². The van der Waals surface area contributed by atoms with Crippen molar-refractivity contribution >= 4 is 11.8 Å². The van der Waals surface area contributed by atoms with Gasteiger partial charge >= 0.3 is 0 Å². The summed E-state index contributed by atoms with van der Waals surface area (Å²) < 4.78 is 5.51. The maximum absolute atomic E-state index is 11.5. The number of amides is 2. The Hall–Kier alpha value is -0.940. The summed E-state index contributed by atoms with van der Waals surface area (Å²) in [5.41, 5.74) is -0.173. The molecule has 1 rings (SSSR count). The van der Waals surface area contributed by atoms with Crippen molar-refractivity contribution in [3.8, 4) is 0 Å². The van der Waals surface area contributed by atoms with E-state index in [2.05, 4.69) is 5.32 Å². The highest BCUT2D eigenvalue weighted by molar-refractivity contribution is 6.05. The fourth-order valence-corrected chi connectivity index (χ4v) is 1.51. The minimum Gasteiger partial charge on any atom is -0.375 e. The highest BCUT2D eigenvalue weighted by Crippen LogP contribution is 2.10. The minimum absolute atomic E-state index is 0.126. The van der Waals surface area contributed by atoms with Crippen LogP contribution in [0.4, 0.5) is 0 Å². The summed E-state index contributed by atoms with van der Waals surface area (Å²) in [4.78, 5) is 23.9. The maximum atomic E-state index is 11.5. The fourth-order valence-electron chi connectivity index (χ4n) is 1.51. The van der Waals surface area contributed by atoms with Crippen molar-refractivity contribution in [3.05, 3.63) is 0 Å². The van der Waals surface area contributed by atoms with Crippen LogP contribution in [0.5, 0.6) is 0 Å². The molecular weight excluding hydrogens is 208 g/mol. The van der Waals surface area contributed by atoms with Gasteiger partial charge in [-0.2, -0.15) is 0 Å². The van der Waals surface area contributed by atoms with Crippen LogP contribution in [0.3, 0.4) is 0 Å². The number of hydrogen-bond acceptors (Lipinski definition) is 4. The molecule has 1 N–H and O–H groups in total. The Labute approximate surface area is 96.1 Å². The Kier molecular flexibility index (Phi) is 4.04. The molecule has 0 saturated carbocycles. The summed E-state index contributed by atoms with van der Waals surface area (Å²) in [6, 6.07) is -0.374. The van der Waals surface area contributed by atoms with E-state index < -0.39 is 0 Å². The van der Waals surface area contributed by atoms with Crippen LogP contribution < -0.4 is 5.32 Å². The van der Waals surface area contributed by atoms with Gasteiger partial charge in [0.05, 0.1) is 24.7 Å². The number of rotatable bonds is 4. The monoisotopic (exact) mass is 228 g/mol. The third kappa shape index (κ3) is 3.57. The van der Waals surface area contributed by atoms with Crippen molar-refractivity contribution in [2.45, 2.75) is 38.8 Å². The highest BCUT2D eigenvalue weighted by atomic mass is 16.5. The zero-order valence-corrected chi connectivity index (χ0v) is 10.4. The fraction of sp³-hybridized carbons (Fsp3) is 0.818. The van der Waals surface area contributed by atoms with Crippen molar-refractivity contribution in [1.82, 2.24) is 10.2 Å². The van der Waals surface area contributed by atoms with Gasteiger partial charge in [-0.05, 0) is 20.8 Å². The first-order valence-corrected chi connectivity index (χ1v) is 5.49. The third-order valence-corrected chi connectivity index (χ3v) is 2.41. The average Bonchev–Trinajstić information content (AvgIpc) is 2.40. The molecule has 16 heavy (non-hydrogen) atoms. The Morgan fingerprint density at radius 1 is 1.44 bits per heavy atom. The van der Waals surface area contributed by atoms with E-state index in [1.165, 1.54) is 11.9 Å². The van der Waals surface area contributed by atoms with Crippen molar-refractivity contribution in [2.75, 3.05) is 20.2 Å². The van der Waals surface area contributed by atoms with Gasteiger partial charge in [0.2, 0.25) is 11.8 Å². The Bertz CT molecular complexity index is 283. The molecule has 0 bridgehead atoms. The predicted molar refractivity (Wildman–Crippen MR) is 59.9 cm³/mol. The standard InChI is InChI=1S/C11H20N2O3/c1-11(2,3)16-6-5-12-8-7-9(14)13(4)10(8)15/h8,12H,5-7H2,1-4H3. The molecule has 0 aromatic rings. The van der Waals surface area contributed by atoms with E-state index in [-0.39, 0.29) is 29.9 Å². The first kappa shape index (κ1) is 13.1. The number of likely N-dealkylation sites (tertiary alicyclic amines) is 1. The molecule has 1 aliphatic heterocycles. The van der Waals surface area contributed by atoms with Crippen LogP contribution in [0, 0.1) is 0 Å². The van der Waals surface area contributed by atoms with Gasteiger partial charge < -0.3 is 10.1 Å². The van der Waals surface area contributed by atoms with Crippen LogP contribution in [0.15, 0.2) is 0 Å². The van der Waals surface area contributed by atoms with E-state index in [0.29, 0.717) is 13.2 Å². The molecule has 2 amide bonds. The molecule has 0 aromatic carbocycles. The molecule has 1 atom stereocenters. The molecule has 5 heteroatoms. The lowest BCUT2D eigenvalue weighted by atomic mass is 10.2. The van der Waals surface area contributed by atoms with Crippen LogP contribution in [-0.4, -0.2) is 48.6 Å². The molecule has 1 saturated heterocycles. The first-order chi connectivity index (χ1) is 7.31. The van der Waals surface area contributed by atoms with Crippen LogP contribution in [0.2, 0.25) is 0 Å². The van der Waals surface area contributed by atoms with E-state index >= 15 is 0 Å². The van der Waals surface area contributed by atoms with Gasteiger partial charge in [0.1, 0.15) is 0 Å². The number of carbonyl (C=O) groups is 2. The summed E-state index contributed by atoms with van der Waals surface area (Å²) in [7, 11) is 1.51. The molecule has 1 unspecified atom stereocenters. The maximum Gasteiger partial charge on any atom is 0.246 e. The van der Waals surface area contributed by atoms with Gasteiger partial charge in [-0.25, -0.2) is 0 Å². The Balaban J connectivity index is 2.25. The number of nitrogens with zero attached hydrogens (tertiary/aromatic N) is 1. The molecule has 0 spiro atoms. The Morgan fingerprint density at radius 2 is 2.06 bits per heavy atom. The summed E-state index contributed by atoms with van der Waals surface area (Å²) in [6.07, 6.45) is 0.255. The summed E-state index contributed by atoms with van der Waals surface area (Å²) in [6.45, 7) is 7.04. The first-order valence-electron chi connectivity index (χ1n) is 5.49. The van der Waals surface area contributed by atoms with Gasteiger partial charge in [-0.3, -0.25) is 14.5 Å². The van der Waals surface area contributed by atoms with E-state index in [9.17, 15) is 9.59 Å². The topological polar surface area (TPSA) is 58.6 Å². The van der Waals surface area contributed by atoms with Crippen LogP contribution >= 0.6 is 0 Å². The summed E-state index contributed by atoms with van der Waals surface area (Å²) in [5.74, 6) is -0.278. The molecule has 0 radical (unpaired) electrons. The SMILES string of the molecule is CN1C(=O)CC(NCCOC(C)(C)C)C1=O. The van der Waals surface area contributed by atoms with E-state index in [0.717, 1.165) is 0 Å². The number of hydrogen-bond donors (Lipinski definition) is 1. The Morgan fingerprint density at radius 3 is 2.50 bits per heavy atom. The van der Waals surface area contributed by atoms with Crippen molar-refractivity contribution in [1.29, 1.82) is 0 Å². The lowest BCUT2D eigenvalue weighted by Gasteiger charge is -2.20. The lowest BCUT2D eigenvalue weighted by Crippen LogP contribution is -2.39. The predicted octanol–water partition coefficient (Wildman–Crippen LogP) is 0.148. The second-order valence-electron chi connectivity index (χ2n) is 4.96. The molecule has 1 heterocycles. The second kappa shape index (κ2) is 4.93. The molecule has 0 aromatic heterocycles. The van der Waals surface area contributed by atoms with Crippen LogP contribution in [0.25, 0.3) is 0 Å². The van der Waals surface area contributed by atoms with Crippen molar-refractivity contribution in [2.24, 2.45) is 0 Å². The second-order valence-corrected chi connectivity index (χ2v) is 4.96. The average molecular weight is 228 g/mol. The van der Waals surface area contributed by atoms with Gasteiger partial charge in [0.25, 0.3) is 0 Å². The number of likely N-dealkylation sites (N-methyl/N-ethyl adjacent to an activating group) is 1. The van der Waals surface area contributed by atoms with E-state index in [1.54, 1.807) is 0 Å². The van der Waals surface area contributed by atoms with Crippen molar-refractivity contribution < 1.29 is 14.3 Å². The van der Waals surface area contributed by atoms with Gasteiger partial charge in [-0.1, -0.05) is 0 Å². The highest BCUT2D eigenvalue weighted by Gasteiger charge is 2.35. The normalized spacial score (nSPS) is 22.0.